The summed E-state index contributed by atoms with van der Waals surface area (Å²) in [4.78, 5) is 11.1. The molecule has 0 aliphatic rings. The third-order valence-corrected chi connectivity index (χ3v) is 2.39. The van der Waals surface area contributed by atoms with Crippen LogP contribution < -0.4 is 5.73 Å². The second-order valence-corrected chi connectivity index (χ2v) is 3.20. The average molecular weight is 238 g/mol. The van der Waals surface area contributed by atoms with Crippen LogP contribution in [0.4, 0.5) is 10.1 Å². The van der Waals surface area contributed by atoms with Gasteiger partial charge in [0.1, 0.15) is 10.8 Å². The number of carbonyl (C=O) groups excluding carboxylic acids is 1. The number of anilines is 1. The fourth-order valence-corrected chi connectivity index (χ4v) is 1.31. The third-order valence-electron chi connectivity index (χ3n) is 1.60. The minimum absolute atomic E-state index is 0.108. The first-order valence-electron chi connectivity index (χ1n) is 3.50. The number of carbonyl (C=O) groups is 1. The lowest BCUT2D eigenvalue weighted by molar-refractivity contribution is 0.0600. The van der Waals surface area contributed by atoms with Crippen LogP contribution in [0.5, 0.6) is 0 Å². The van der Waals surface area contributed by atoms with Crippen LogP contribution in [0.15, 0.2) is 6.07 Å². The monoisotopic (exact) mass is 237 g/mol. The van der Waals surface area contributed by atoms with Crippen molar-refractivity contribution in [1.29, 1.82) is 0 Å². The molecule has 0 saturated heterocycles. The summed E-state index contributed by atoms with van der Waals surface area (Å²) in [6.45, 7) is 0. The number of ether oxygens (including phenoxy) is 1. The Hall–Kier alpha value is -1.00. The lowest BCUT2D eigenvalue weighted by atomic mass is 10.2. The summed E-state index contributed by atoms with van der Waals surface area (Å²) in [6, 6.07) is 0.882. The summed E-state index contributed by atoms with van der Waals surface area (Å²) in [5, 5.41) is -0.411. The number of benzene rings is 1. The second-order valence-electron chi connectivity index (χ2n) is 2.44. The topological polar surface area (TPSA) is 52.3 Å². The van der Waals surface area contributed by atoms with E-state index in [4.69, 9.17) is 28.9 Å². The smallest absolute Gasteiger partial charge is 0.339 e. The highest BCUT2D eigenvalue weighted by molar-refractivity contribution is 6.40. The van der Waals surface area contributed by atoms with E-state index in [2.05, 4.69) is 4.74 Å². The fraction of sp³-hybridized carbons (Fsp3) is 0.125. The molecule has 0 spiro atoms. The third kappa shape index (κ3) is 1.76. The van der Waals surface area contributed by atoms with E-state index in [0.717, 1.165) is 13.2 Å². The lowest BCUT2D eigenvalue weighted by Crippen LogP contribution is -2.05. The highest BCUT2D eigenvalue weighted by Gasteiger charge is 2.18. The van der Waals surface area contributed by atoms with E-state index in [-0.39, 0.29) is 21.3 Å². The highest BCUT2D eigenvalue weighted by Crippen LogP contribution is 2.33. The Balaban J connectivity index is 3.40. The molecule has 0 aromatic heterocycles. The lowest BCUT2D eigenvalue weighted by Gasteiger charge is -2.07. The molecule has 76 valence electrons. The van der Waals surface area contributed by atoms with Gasteiger partial charge in [-0.25, -0.2) is 9.18 Å². The predicted octanol–water partition coefficient (Wildman–Crippen LogP) is 2.50. The minimum atomic E-state index is -0.811. The van der Waals surface area contributed by atoms with Gasteiger partial charge in [0.2, 0.25) is 0 Å². The molecule has 0 aliphatic heterocycles. The van der Waals surface area contributed by atoms with E-state index >= 15 is 0 Å². The number of nitrogens with two attached hydrogens (primary N) is 1. The van der Waals surface area contributed by atoms with Crippen molar-refractivity contribution in [2.45, 2.75) is 0 Å². The van der Waals surface area contributed by atoms with Crippen molar-refractivity contribution >= 4 is 34.9 Å². The summed E-state index contributed by atoms with van der Waals surface area (Å²) in [5.74, 6) is -1.58. The number of rotatable bonds is 1. The number of halogens is 3. The molecule has 0 unspecified atom stereocenters. The van der Waals surface area contributed by atoms with Crippen LogP contribution in [0.2, 0.25) is 10.0 Å². The summed E-state index contributed by atoms with van der Waals surface area (Å²) in [7, 11) is 1.15. The molecule has 0 atom stereocenters. The van der Waals surface area contributed by atoms with Crippen LogP contribution in [-0.2, 0) is 4.74 Å². The fourth-order valence-electron chi connectivity index (χ4n) is 0.882. The van der Waals surface area contributed by atoms with Gasteiger partial charge in [-0.2, -0.15) is 0 Å². The maximum absolute atomic E-state index is 13.0. The standard InChI is InChI=1S/C8H6Cl2FNO2/c1-14-8(13)3-2-4(11)6(10)7(12)5(3)9/h2H,12H2,1H3. The molecule has 0 bridgehead atoms. The zero-order chi connectivity index (χ0) is 10.9. The zero-order valence-corrected chi connectivity index (χ0v) is 8.62. The molecular weight excluding hydrogens is 232 g/mol. The van der Waals surface area contributed by atoms with Gasteiger partial charge >= 0.3 is 5.97 Å². The van der Waals surface area contributed by atoms with Crippen molar-refractivity contribution in [3.8, 4) is 0 Å². The summed E-state index contributed by atoms with van der Waals surface area (Å²) in [6.07, 6.45) is 0. The van der Waals surface area contributed by atoms with Crippen molar-refractivity contribution < 1.29 is 13.9 Å². The first kappa shape index (κ1) is 11.1. The van der Waals surface area contributed by atoms with Gasteiger partial charge in [-0.15, -0.1) is 0 Å². The molecule has 0 fully saturated rings. The SMILES string of the molecule is COC(=O)c1cc(F)c(Cl)c(N)c1Cl. The van der Waals surface area contributed by atoms with Gasteiger partial charge < -0.3 is 10.5 Å². The Bertz CT molecular complexity index is 395. The average Bonchev–Trinajstić information content (AvgIpc) is 2.19. The number of hydrogen-bond donors (Lipinski definition) is 1. The molecule has 3 nitrogen and oxygen atoms in total. The largest absolute Gasteiger partial charge is 0.465 e. The van der Waals surface area contributed by atoms with Crippen LogP contribution in [0.1, 0.15) is 10.4 Å². The Morgan fingerprint density at radius 1 is 1.50 bits per heavy atom. The van der Waals surface area contributed by atoms with Gasteiger partial charge in [-0.1, -0.05) is 23.2 Å². The Morgan fingerprint density at radius 3 is 2.57 bits per heavy atom. The maximum Gasteiger partial charge on any atom is 0.339 e. The molecular formula is C8H6Cl2FNO2. The highest BCUT2D eigenvalue weighted by atomic mass is 35.5. The van der Waals surface area contributed by atoms with E-state index in [1.54, 1.807) is 0 Å². The van der Waals surface area contributed by atoms with Crippen molar-refractivity contribution in [2.75, 3.05) is 12.8 Å². The Morgan fingerprint density at radius 2 is 2.07 bits per heavy atom. The van der Waals surface area contributed by atoms with Crippen molar-refractivity contribution in [3.05, 3.63) is 27.5 Å². The molecule has 14 heavy (non-hydrogen) atoms. The van der Waals surface area contributed by atoms with E-state index in [9.17, 15) is 9.18 Å². The minimum Gasteiger partial charge on any atom is -0.465 e. The van der Waals surface area contributed by atoms with Crippen LogP contribution in [0.3, 0.4) is 0 Å². The zero-order valence-electron chi connectivity index (χ0n) is 7.11. The first-order chi connectivity index (χ1) is 6.49. The van der Waals surface area contributed by atoms with Crippen molar-refractivity contribution in [3.63, 3.8) is 0 Å². The maximum atomic E-state index is 13.0. The van der Waals surface area contributed by atoms with E-state index in [1.165, 1.54) is 0 Å². The van der Waals surface area contributed by atoms with Gasteiger partial charge in [0, 0.05) is 0 Å². The van der Waals surface area contributed by atoms with E-state index < -0.39 is 11.8 Å². The quantitative estimate of drug-likeness (QED) is 0.464. The van der Waals surface area contributed by atoms with Crippen LogP contribution in [0.25, 0.3) is 0 Å². The molecule has 0 saturated carbocycles. The number of hydrogen-bond acceptors (Lipinski definition) is 3. The van der Waals surface area contributed by atoms with E-state index in [1.807, 2.05) is 0 Å². The van der Waals surface area contributed by atoms with Crippen LogP contribution in [-0.4, -0.2) is 13.1 Å². The van der Waals surface area contributed by atoms with Gasteiger partial charge in [-0.05, 0) is 6.07 Å². The number of esters is 1. The number of nitrogen functional groups attached to an aromatic ring is 1. The second kappa shape index (κ2) is 4.02. The molecule has 0 heterocycles. The molecule has 1 aromatic carbocycles. The normalized spacial score (nSPS) is 10.0. The molecule has 0 aliphatic carbocycles. The molecule has 1 rings (SSSR count). The molecule has 2 N–H and O–H groups in total. The summed E-state index contributed by atoms with van der Waals surface area (Å²) < 4.78 is 17.4. The summed E-state index contributed by atoms with van der Waals surface area (Å²) >= 11 is 11.1. The van der Waals surface area contributed by atoms with Crippen LogP contribution in [0, 0.1) is 5.82 Å². The van der Waals surface area contributed by atoms with Gasteiger partial charge in [-0.3, -0.25) is 0 Å². The van der Waals surface area contributed by atoms with Gasteiger partial charge in [0.25, 0.3) is 0 Å². The molecule has 1 aromatic rings. The van der Waals surface area contributed by atoms with Crippen molar-refractivity contribution in [1.82, 2.24) is 0 Å². The Labute approximate surface area is 89.5 Å². The summed E-state index contributed by atoms with van der Waals surface area (Å²) in [5.41, 5.74) is 5.05. The molecule has 6 heteroatoms. The predicted molar refractivity (Wildman–Crippen MR) is 52.2 cm³/mol. The van der Waals surface area contributed by atoms with Gasteiger partial charge in [0.05, 0.1) is 23.4 Å². The van der Waals surface area contributed by atoms with Crippen LogP contribution >= 0.6 is 23.2 Å². The number of methoxy groups -OCH3 is 1. The molecule has 0 radical (unpaired) electrons. The van der Waals surface area contributed by atoms with Crippen molar-refractivity contribution in [2.24, 2.45) is 0 Å². The first-order valence-corrected chi connectivity index (χ1v) is 4.26. The van der Waals surface area contributed by atoms with Gasteiger partial charge in [0.15, 0.2) is 0 Å². The Kier molecular flexibility index (Phi) is 3.18. The molecule has 0 amide bonds. The van der Waals surface area contributed by atoms with E-state index in [0.29, 0.717) is 0 Å².